The number of benzene rings is 1. The van der Waals surface area contributed by atoms with Crippen molar-refractivity contribution in [2.75, 3.05) is 6.61 Å². The number of halogens is 1. The van der Waals surface area contributed by atoms with Gasteiger partial charge >= 0.3 is 0 Å². The Kier molecular flexibility index (Phi) is 2.83. The van der Waals surface area contributed by atoms with Crippen molar-refractivity contribution in [3.63, 3.8) is 0 Å². The summed E-state index contributed by atoms with van der Waals surface area (Å²) in [6.07, 6.45) is 4.99. The SMILES string of the molecule is O=Cc1c(F)ccc2c1cnn2C1CCCCO1. The monoisotopic (exact) mass is 248 g/mol. The highest BCUT2D eigenvalue weighted by Crippen LogP contribution is 2.27. The Morgan fingerprint density at radius 1 is 1.44 bits per heavy atom. The minimum atomic E-state index is -0.512. The zero-order valence-corrected chi connectivity index (χ0v) is 9.80. The molecule has 5 heteroatoms. The molecular formula is C13H13FN2O2. The highest BCUT2D eigenvalue weighted by molar-refractivity contribution is 5.96. The number of aldehydes is 1. The first kappa shape index (κ1) is 11.3. The van der Waals surface area contributed by atoms with Crippen LogP contribution in [0.1, 0.15) is 35.8 Å². The van der Waals surface area contributed by atoms with Gasteiger partial charge in [0, 0.05) is 12.0 Å². The molecule has 94 valence electrons. The van der Waals surface area contributed by atoms with Gasteiger partial charge in [-0.2, -0.15) is 5.10 Å². The predicted octanol–water partition coefficient (Wildman–Crippen LogP) is 2.69. The van der Waals surface area contributed by atoms with Gasteiger partial charge in [-0.05, 0) is 31.4 Å². The Balaban J connectivity index is 2.11. The van der Waals surface area contributed by atoms with Crippen molar-refractivity contribution in [3.8, 4) is 0 Å². The van der Waals surface area contributed by atoms with Crippen LogP contribution in [0.5, 0.6) is 0 Å². The molecule has 0 bridgehead atoms. The molecule has 4 nitrogen and oxygen atoms in total. The molecule has 2 aromatic rings. The fraction of sp³-hybridized carbons (Fsp3) is 0.385. The largest absolute Gasteiger partial charge is 0.356 e. The fourth-order valence-corrected chi connectivity index (χ4v) is 2.38. The van der Waals surface area contributed by atoms with Crippen molar-refractivity contribution in [2.24, 2.45) is 0 Å². The Morgan fingerprint density at radius 2 is 2.33 bits per heavy atom. The van der Waals surface area contributed by atoms with Crippen LogP contribution in [0.25, 0.3) is 10.9 Å². The van der Waals surface area contributed by atoms with Gasteiger partial charge in [0.15, 0.2) is 12.5 Å². The van der Waals surface area contributed by atoms with Crippen molar-refractivity contribution in [2.45, 2.75) is 25.5 Å². The van der Waals surface area contributed by atoms with Gasteiger partial charge in [0.2, 0.25) is 0 Å². The summed E-state index contributed by atoms with van der Waals surface area (Å²) in [6, 6.07) is 2.94. The standard InChI is InChI=1S/C13H13FN2O2/c14-11-4-5-12-9(10(11)8-17)7-15-16(12)13-3-1-2-6-18-13/h4-5,7-8,13H,1-3,6H2. The predicted molar refractivity (Wildman–Crippen MR) is 63.9 cm³/mol. The number of fused-ring (bicyclic) bond motifs is 1. The van der Waals surface area contributed by atoms with Gasteiger partial charge in [-0.25, -0.2) is 9.07 Å². The fourth-order valence-electron chi connectivity index (χ4n) is 2.38. The summed E-state index contributed by atoms with van der Waals surface area (Å²) in [4.78, 5) is 10.9. The molecule has 1 fully saturated rings. The van der Waals surface area contributed by atoms with E-state index in [9.17, 15) is 9.18 Å². The highest BCUT2D eigenvalue weighted by atomic mass is 19.1. The first-order chi connectivity index (χ1) is 8.81. The summed E-state index contributed by atoms with van der Waals surface area (Å²) < 4.78 is 20.9. The van der Waals surface area contributed by atoms with Crippen LogP contribution in [0, 0.1) is 5.82 Å². The second-order valence-electron chi connectivity index (χ2n) is 4.42. The number of aromatic nitrogens is 2. The average molecular weight is 248 g/mol. The van der Waals surface area contributed by atoms with E-state index in [-0.39, 0.29) is 11.8 Å². The maximum atomic E-state index is 13.5. The molecule has 0 amide bonds. The van der Waals surface area contributed by atoms with E-state index in [1.165, 1.54) is 12.3 Å². The van der Waals surface area contributed by atoms with E-state index in [2.05, 4.69) is 5.10 Å². The van der Waals surface area contributed by atoms with Crippen LogP contribution in [-0.4, -0.2) is 22.7 Å². The van der Waals surface area contributed by atoms with E-state index in [4.69, 9.17) is 4.74 Å². The molecule has 1 aliphatic heterocycles. The maximum absolute atomic E-state index is 13.5. The molecule has 1 saturated heterocycles. The van der Waals surface area contributed by atoms with E-state index in [1.54, 1.807) is 10.7 Å². The van der Waals surface area contributed by atoms with E-state index in [0.717, 1.165) is 24.8 Å². The third-order valence-corrected chi connectivity index (χ3v) is 3.32. The summed E-state index contributed by atoms with van der Waals surface area (Å²) in [6.45, 7) is 0.716. The molecule has 1 aromatic carbocycles. The number of hydrogen-bond acceptors (Lipinski definition) is 3. The molecule has 0 radical (unpaired) electrons. The van der Waals surface area contributed by atoms with Gasteiger partial charge in [-0.1, -0.05) is 0 Å². The summed E-state index contributed by atoms with van der Waals surface area (Å²) in [7, 11) is 0. The number of carbonyl (C=O) groups excluding carboxylic acids is 1. The Hall–Kier alpha value is -1.75. The molecule has 0 spiro atoms. The van der Waals surface area contributed by atoms with Crippen molar-refractivity contribution in [1.29, 1.82) is 0 Å². The Morgan fingerprint density at radius 3 is 3.06 bits per heavy atom. The average Bonchev–Trinajstić information content (AvgIpc) is 2.83. The number of nitrogens with zero attached hydrogens (tertiary/aromatic N) is 2. The number of ether oxygens (including phenoxy) is 1. The second-order valence-corrected chi connectivity index (χ2v) is 4.42. The Labute approximate surface area is 103 Å². The van der Waals surface area contributed by atoms with Gasteiger partial charge < -0.3 is 4.74 Å². The molecule has 18 heavy (non-hydrogen) atoms. The van der Waals surface area contributed by atoms with Gasteiger partial charge in [-0.15, -0.1) is 0 Å². The summed E-state index contributed by atoms with van der Waals surface area (Å²) >= 11 is 0. The maximum Gasteiger partial charge on any atom is 0.153 e. The number of carbonyl (C=O) groups is 1. The van der Waals surface area contributed by atoms with Crippen molar-refractivity contribution in [1.82, 2.24) is 9.78 Å². The lowest BCUT2D eigenvalue weighted by molar-refractivity contribution is -0.0366. The van der Waals surface area contributed by atoms with Gasteiger partial charge in [-0.3, -0.25) is 4.79 Å². The molecule has 1 unspecified atom stereocenters. The van der Waals surface area contributed by atoms with Crippen LogP contribution in [0.3, 0.4) is 0 Å². The van der Waals surface area contributed by atoms with Crippen LogP contribution in [-0.2, 0) is 4.74 Å². The third kappa shape index (κ3) is 1.71. The molecule has 0 N–H and O–H groups in total. The summed E-state index contributed by atoms with van der Waals surface area (Å²) in [5.74, 6) is -0.512. The van der Waals surface area contributed by atoms with Gasteiger partial charge in [0.25, 0.3) is 0 Å². The Bertz CT molecular complexity index is 588. The zero-order valence-electron chi connectivity index (χ0n) is 9.80. The lowest BCUT2D eigenvalue weighted by Crippen LogP contribution is -2.18. The molecule has 1 aliphatic rings. The van der Waals surface area contributed by atoms with Crippen LogP contribution in [0.2, 0.25) is 0 Å². The minimum Gasteiger partial charge on any atom is -0.356 e. The molecule has 0 aliphatic carbocycles. The number of rotatable bonds is 2. The lowest BCUT2D eigenvalue weighted by atomic mass is 10.1. The van der Waals surface area contributed by atoms with E-state index in [1.807, 2.05) is 0 Å². The first-order valence-electron chi connectivity index (χ1n) is 6.04. The van der Waals surface area contributed by atoms with Crippen LogP contribution < -0.4 is 0 Å². The van der Waals surface area contributed by atoms with E-state index >= 15 is 0 Å². The molecule has 3 rings (SSSR count). The normalized spacial score (nSPS) is 20.2. The van der Waals surface area contributed by atoms with Gasteiger partial charge in [0.1, 0.15) is 5.82 Å². The van der Waals surface area contributed by atoms with E-state index in [0.29, 0.717) is 18.3 Å². The lowest BCUT2D eigenvalue weighted by Gasteiger charge is -2.23. The quantitative estimate of drug-likeness (QED) is 0.767. The van der Waals surface area contributed by atoms with Gasteiger partial charge in [0.05, 0.1) is 17.3 Å². The zero-order chi connectivity index (χ0) is 12.5. The van der Waals surface area contributed by atoms with Crippen LogP contribution in [0.15, 0.2) is 18.3 Å². The number of hydrogen-bond donors (Lipinski definition) is 0. The second kappa shape index (κ2) is 4.49. The first-order valence-corrected chi connectivity index (χ1v) is 6.04. The van der Waals surface area contributed by atoms with Crippen LogP contribution >= 0.6 is 0 Å². The van der Waals surface area contributed by atoms with Crippen LogP contribution in [0.4, 0.5) is 4.39 Å². The van der Waals surface area contributed by atoms with Crippen molar-refractivity contribution < 1.29 is 13.9 Å². The summed E-state index contributed by atoms with van der Waals surface area (Å²) in [5, 5.41) is 4.78. The topological polar surface area (TPSA) is 44.1 Å². The summed E-state index contributed by atoms with van der Waals surface area (Å²) in [5.41, 5.74) is 0.806. The molecular weight excluding hydrogens is 235 g/mol. The highest BCUT2D eigenvalue weighted by Gasteiger charge is 2.20. The van der Waals surface area contributed by atoms with E-state index < -0.39 is 5.82 Å². The molecule has 1 atom stereocenters. The van der Waals surface area contributed by atoms with Crippen molar-refractivity contribution >= 4 is 17.2 Å². The molecule has 1 aromatic heterocycles. The minimum absolute atomic E-state index is 0.0644. The molecule has 0 saturated carbocycles. The smallest absolute Gasteiger partial charge is 0.153 e. The van der Waals surface area contributed by atoms with Crippen molar-refractivity contribution in [3.05, 3.63) is 29.7 Å². The molecule has 2 heterocycles. The third-order valence-electron chi connectivity index (χ3n) is 3.32.